The zero-order valence-electron chi connectivity index (χ0n) is 15.9. The summed E-state index contributed by atoms with van der Waals surface area (Å²) in [5.41, 5.74) is -0.505. The molecule has 24 heavy (non-hydrogen) atoms. The van der Waals surface area contributed by atoms with Gasteiger partial charge in [-0.3, -0.25) is 4.79 Å². The normalized spacial score (nSPS) is 57.4. The Labute approximate surface area is 146 Å². The maximum Gasteiger partial charge on any atom is 0.312 e. The third-order valence-corrected chi connectivity index (χ3v) is 8.99. The highest BCUT2D eigenvalue weighted by molar-refractivity contribution is 5.78. The molecule has 7 unspecified atom stereocenters. The second-order valence-corrected chi connectivity index (χ2v) is 10.4. The average Bonchev–Trinajstić information content (AvgIpc) is 2.58. The van der Waals surface area contributed by atoms with Gasteiger partial charge in [0, 0.05) is 5.41 Å². The summed E-state index contributed by atoms with van der Waals surface area (Å²) >= 11 is 0. The van der Waals surface area contributed by atoms with Gasteiger partial charge in [-0.15, -0.1) is 0 Å². The van der Waals surface area contributed by atoms with E-state index in [4.69, 9.17) is 4.74 Å². The Balaban J connectivity index is 1.77. The second-order valence-electron chi connectivity index (χ2n) is 10.4. The van der Waals surface area contributed by atoms with Crippen molar-refractivity contribution in [1.29, 1.82) is 0 Å². The Bertz CT molecular complexity index is 555. The third kappa shape index (κ3) is 2.03. The molecule has 1 heterocycles. The molecule has 1 N–H and O–H groups in total. The van der Waals surface area contributed by atoms with Crippen LogP contribution in [0.4, 0.5) is 0 Å². The molecule has 3 nitrogen and oxygen atoms in total. The second kappa shape index (κ2) is 4.99. The lowest BCUT2D eigenvalue weighted by atomic mass is 9.41. The summed E-state index contributed by atoms with van der Waals surface area (Å²) in [7, 11) is 0. The summed E-state index contributed by atoms with van der Waals surface area (Å²) in [6, 6.07) is 0. The molecule has 4 rings (SSSR count). The first-order valence-electron chi connectivity index (χ1n) is 10.0. The van der Waals surface area contributed by atoms with Crippen LogP contribution in [-0.2, 0) is 9.53 Å². The van der Waals surface area contributed by atoms with E-state index in [9.17, 15) is 9.90 Å². The van der Waals surface area contributed by atoms with E-state index in [1.54, 1.807) is 0 Å². The van der Waals surface area contributed by atoms with Crippen LogP contribution in [0, 0.1) is 34.0 Å². The molecule has 3 saturated carbocycles. The Kier molecular flexibility index (Phi) is 3.51. The van der Waals surface area contributed by atoms with Crippen LogP contribution < -0.4 is 0 Å². The molecule has 4 aliphatic rings. The molecule has 4 fully saturated rings. The zero-order chi connectivity index (χ0) is 17.4. The molecule has 2 bridgehead atoms. The molecule has 3 heteroatoms. The van der Waals surface area contributed by atoms with Gasteiger partial charge in [0.05, 0.1) is 17.6 Å². The third-order valence-electron chi connectivity index (χ3n) is 8.99. The summed E-state index contributed by atoms with van der Waals surface area (Å²) in [6.07, 6.45) is 8.79. The smallest absolute Gasteiger partial charge is 0.312 e. The van der Waals surface area contributed by atoms with Crippen LogP contribution in [0.1, 0.15) is 79.1 Å². The van der Waals surface area contributed by atoms with Crippen molar-refractivity contribution in [1.82, 2.24) is 0 Å². The van der Waals surface area contributed by atoms with E-state index in [2.05, 4.69) is 20.8 Å². The lowest BCUT2D eigenvalue weighted by molar-refractivity contribution is -0.230. The van der Waals surface area contributed by atoms with Crippen LogP contribution in [0.15, 0.2) is 0 Å². The van der Waals surface area contributed by atoms with Crippen LogP contribution in [0.2, 0.25) is 0 Å². The number of carbonyl (C=O) groups excluding carboxylic acids is 1. The van der Waals surface area contributed by atoms with Gasteiger partial charge in [0.2, 0.25) is 0 Å². The number of aliphatic hydroxyl groups is 1. The molecule has 136 valence electrons. The van der Waals surface area contributed by atoms with Crippen LogP contribution >= 0.6 is 0 Å². The minimum absolute atomic E-state index is 0.0559. The predicted octanol–water partition coefficient (Wildman–Crippen LogP) is 4.32. The first-order chi connectivity index (χ1) is 11.1. The first-order valence-corrected chi connectivity index (χ1v) is 10.0. The number of carbonyl (C=O) groups is 1. The van der Waals surface area contributed by atoms with E-state index in [-0.39, 0.29) is 22.2 Å². The van der Waals surface area contributed by atoms with Gasteiger partial charge >= 0.3 is 5.97 Å². The maximum absolute atomic E-state index is 12.6. The molecule has 0 aromatic rings. The van der Waals surface area contributed by atoms with E-state index in [1.807, 2.05) is 6.92 Å². The first kappa shape index (κ1) is 16.9. The highest BCUT2D eigenvalue weighted by atomic mass is 16.5. The van der Waals surface area contributed by atoms with Crippen molar-refractivity contribution in [3.8, 4) is 0 Å². The summed E-state index contributed by atoms with van der Waals surface area (Å²) in [6.45, 7) is 9.47. The van der Waals surface area contributed by atoms with Crippen LogP contribution in [-0.4, -0.2) is 23.3 Å². The standard InChI is InChI=1S/C21H34O3/c1-14-6-7-15-18(2,12-20(14,4)23)11-8-16-19(3)9-5-10-21(15,16)13-24-17(19)22/h14-16,23H,5-13H2,1-4H3. The van der Waals surface area contributed by atoms with Gasteiger partial charge < -0.3 is 9.84 Å². The highest BCUT2D eigenvalue weighted by Gasteiger charge is 2.67. The monoisotopic (exact) mass is 334 g/mol. The van der Waals surface area contributed by atoms with Crippen molar-refractivity contribution in [2.24, 2.45) is 34.0 Å². The van der Waals surface area contributed by atoms with Crippen molar-refractivity contribution < 1.29 is 14.6 Å². The maximum atomic E-state index is 12.6. The number of rotatable bonds is 0. The Morgan fingerprint density at radius 3 is 2.54 bits per heavy atom. The summed E-state index contributed by atoms with van der Waals surface area (Å²) in [5.74, 6) is 1.46. The molecule has 0 amide bonds. The zero-order valence-corrected chi connectivity index (χ0v) is 15.9. The Morgan fingerprint density at radius 1 is 1.04 bits per heavy atom. The van der Waals surface area contributed by atoms with Crippen LogP contribution in [0.3, 0.4) is 0 Å². The lowest BCUT2D eigenvalue weighted by Crippen LogP contribution is -2.64. The van der Waals surface area contributed by atoms with E-state index < -0.39 is 5.60 Å². The minimum atomic E-state index is -0.573. The van der Waals surface area contributed by atoms with Gasteiger partial charge in [-0.25, -0.2) is 0 Å². The van der Waals surface area contributed by atoms with E-state index in [0.717, 1.165) is 38.5 Å². The van der Waals surface area contributed by atoms with Crippen molar-refractivity contribution in [3.05, 3.63) is 0 Å². The molecule has 0 spiro atoms. The van der Waals surface area contributed by atoms with Crippen molar-refractivity contribution in [3.63, 3.8) is 0 Å². The fourth-order valence-corrected chi connectivity index (χ4v) is 7.58. The molecule has 0 aromatic heterocycles. The van der Waals surface area contributed by atoms with Crippen molar-refractivity contribution >= 4 is 5.97 Å². The number of fused-ring (bicyclic) bond motifs is 1. The lowest BCUT2D eigenvalue weighted by Gasteiger charge is -2.65. The van der Waals surface area contributed by atoms with Gasteiger partial charge in [-0.2, -0.15) is 0 Å². The molecular formula is C21H34O3. The molecule has 0 aromatic carbocycles. The largest absolute Gasteiger partial charge is 0.465 e. The average molecular weight is 335 g/mol. The van der Waals surface area contributed by atoms with Gasteiger partial charge in [0.25, 0.3) is 0 Å². The number of hydrogen-bond donors (Lipinski definition) is 1. The molecule has 0 radical (unpaired) electrons. The summed E-state index contributed by atoms with van der Waals surface area (Å²) in [5, 5.41) is 11.1. The van der Waals surface area contributed by atoms with E-state index in [0.29, 0.717) is 24.4 Å². The van der Waals surface area contributed by atoms with Gasteiger partial charge in [-0.1, -0.05) is 20.3 Å². The topological polar surface area (TPSA) is 46.5 Å². The molecular weight excluding hydrogens is 300 g/mol. The van der Waals surface area contributed by atoms with Gasteiger partial charge in [-0.05, 0) is 82.0 Å². The fourth-order valence-electron chi connectivity index (χ4n) is 7.58. The van der Waals surface area contributed by atoms with E-state index in [1.165, 1.54) is 12.8 Å². The number of cyclic esters (lactones) is 1. The quantitative estimate of drug-likeness (QED) is 0.671. The van der Waals surface area contributed by atoms with Crippen molar-refractivity contribution in [2.75, 3.05) is 6.61 Å². The number of hydrogen-bond acceptors (Lipinski definition) is 3. The molecule has 3 aliphatic carbocycles. The van der Waals surface area contributed by atoms with Gasteiger partial charge in [0.15, 0.2) is 0 Å². The Morgan fingerprint density at radius 2 is 1.79 bits per heavy atom. The van der Waals surface area contributed by atoms with Gasteiger partial charge in [0.1, 0.15) is 0 Å². The molecule has 7 atom stereocenters. The number of ether oxygens (including phenoxy) is 1. The SMILES string of the molecule is CC1CCC2C(C)(CCC3C4(C)CCCC23COC4=O)CC1(C)O. The molecule has 1 saturated heterocycles. The van der Waals surface area contributed by atoms with E-state index >= 15 is 0 Å². The summed E-state index contributed by atoms with van der Waals surface area (Å²) in [4.78, 5) is 12.6. The highest BCUT2D eigenvalue weighted by Crippen LogP contribution is 2.69. The minimum Gasteiger partial charge on any atom is -0.465 e. The van der Waals surface area contributed by atoms with Crippen LogP contribution in [0.5, 0.6) is 0 Å². The fraction of sp³-hybridized carbons (Fsp3) is 0.952. The van der Waals surface area contributed by atoms with Crippen LogP contribution in [0.25, 0.3) is 0 Å². The van der Waals surface area contributed by atoms with Crippen molar-refractivity contribution in [2.45, 2.75) is 84.7 Å². The predicted molar refractivity (Wildman–Crippen MR) is 93.3 cm³/mol. The summed E-state index contributed by atoms with van der Waals surface area (Å²) < 4.78 is 5.82. The number of esters is 1. The molecule has 1 aliphatic heterocycles. The Hall–Kier alpha value is -0.570.